The summed E-state index contributed by atoms with van der Waals surface area (Å²) in [6, 6.07) is 16.7. The van der Waals surface area contributed by atoms with Gasteiger partial charge in [0.1, 0.15) is 5.65 Å². The van der Waals surface area contributed by atoms with Gasteiger partial charge in [-0.1, -0.05) is 42.5 Å². The lowest BCUT2D eigenvalue weighted by Gasteiger charge is -2.08. The third-order valence-electron chi connectivity index (χ3n) is 4.84. The number of fused-ring (bicyclic) bond motifs is 2. The third kappa shape index (κ3) is 2.14. The number of amides is 2. The van der Waals surface area contributed by atoms with Gasteiger partial charge in [-0.05, 0) is 28.5 Å². The lowest BCUT2D eigenvalue weighted by Crippen LogP contribution is -2.27. The molecule has 0 radical (unpaired) electrons. The topological polar surface area (TPSA) is 86.3 Å². The molecule has 0 saturated heterocycles. The Hall–Kier alpha value is -3.77. The van der Waals surface area contributed by atoms with Gasteiger partial charge in [-0.25, -0.2) is 4.98 Å². The number of nitrogens with one attached hydrogen (secondary N) is 1. The van der Waals surface area contributed by atoms with E-state index in [-0.39, 0.29) is 16.2 Å². The average molecular weight is 355 g/mol. The van der Waals surface area contributed by atoms with Crippen LogP contribution in [0.3, 0.4) is 0 Å². The van der Waals surface area contributed by atoms with E-state index in [2.05, 4.69) is 9.97 Å². The highest BCUT2D eigenvalue weighted by atomic mass is 16.5. The highest BCUT2D eigenvalue weighted by molar-refractivity contribution is 6.50. The van der Waals surface area contributed by atoms with Gasteiger partial charge in [0.15, 0.2) is 0 Å². The second-order valence-electron chi connectivity index (χ2n) is 6.30. The van der Waals surface area contributed by atoms with Crippen molar-refractivity contribution in [2.45, 2.75) is 0 Å². The molecule has 1 aliphatic heterocycles. The normalized spacial score (nSPS) is 14.8. The summed E-state index contributed by atoms with van der Waals surface area (Å²) in [5.74, 6) is -1.47. The first-order valence-electron chi connectivity index (χ1n) is 8.39. The fourth-order valence-corrected chi connectivity index (χ4v) is 3.62. The standard InChI is InChI=1S/C21H13N3O3/c25-20-17(14-8-3-6-12-5-1-2-7-13(12)14)18(21(26)24(20)27)16-11-23-19-15(16)9-4-10-22-19/h1-11,27H,(H,22,23). The van der Waals surface area contributed by atoms with Gasteiger partial charge in [-0.3, -0.25) is 14.8 Å². The predicted octanol–water partition coefficient (Wildman–Crippen LogP) is 3.38. The minimum absolute atomic E-state index is 0.165. The lowest BCUT2D eigenvalue weighted by molar-refractivity contribution is -0.168. The van der Waals surface area contributed by atoms with Crippen LogP contribution in [0.5, 0.6) is 0 Å². The molecule has 2 N–H and O–H groups in total. The van der Waals surface area contributed by atoms with E-state index in [1.807, 2.05) is 42.5 Å². The molecule has 2 aromatic heterocycles. The first-order chi connectivity index (χ1) is 13.2. The molecule has 6 nitrogen and oxygen atoms in total. The first kappa shape index (κ1) is 15.5. The van der Waals surface area contributed by atoms with E-state index >= 15 is 0 Å². The summed E-state index contributed by atoms with van der Waals surface area (Å²) in [5, 5.41) is 12.7. The highest BCUT2D eigenvalue weighted by Crippen LogP contribution is 2.39. The van der Waals surface area contributed by atoms with Gasteiger partial charge in [-0.15, -0.1) is 5.06 Å². The maximum atomic E-state index is 12.8. The number of nitrogens with zero attached hydrogens (tertiary/aromatic N) is 2. The molecule has 0 atom stereocenters. The van der Waals surface area contributed by atoms with Crippen LogP contribution in [0.25, 0.3) is 33.0 Å². The summed E-state index contributed by atoms with van der Waals surface area (Å²) in [7, 11) is 0. The monoisotopic (exact) mass is 355 g/mol. The van der Waals surface area contributed by atoms with Crippen LogP contribution in [-0.4, -0.2) is 32.1 Å². The van der Waals surface area contributed by atoms with Crippen LogP contribution in [0.2, 0.25) is 0 Å². The van der Waals surface area contributed by atoms with E-state index in [4.69, 9.17) is 0 Å². The molecular weight excluding hydrogens is 342 g/mol. The smallest absolute Gasteiger partial charge is 0.286 e. The number of hydroxylamine groups is 2. The Bertz CT molecular complexity index is 1280. The molecule has 0 bridgehead atoms. The van der Waals surface area contributed by atoms with Crippen molar-refractivity contribution in [1.82, 2.24) is 15.0 Å². The van der Waals surface area contributed by atoms with Crippen LogP contribution >= 0.6 is 0 Å². The Balaban J connectivity index is 1.88. The number of aromatic nitrogens is 2. The number of imide groups is 1. The number of aromatic amines is 1. The minimum Gasteiger partial charge on any atom is -0.346 e. The summed E-state index contributed by atoms with van der Waals surface area (Å²) in [6.07, 6.45) is 3.28. The van der Waals surface area contributed by atoms with E-state index in [1.54, 1.807) is 24.5 Å². The molecule has 0 fully saturated rings. The number of H-pyrrole nitrogens is 1. The van der Waals surface area contributed by atoms with E-state index in [0.717, 1.165) is 10.8 Å². The summed E-state index contributed by atoms with van der Waals surface area (Å²) >= 11 is 0. The van der Waals surface area contributed by atoms with Crippen molar-refractivity contribution >= 4 is 44.8 Å². The fraction of sp³-hybridized carbons (Fsp3) is 0. The van der Waals surface area contributed by atoms with E-state index < -0.39 is 11.8 Å². The Morgan fingerprint density at radius 3 is 2.37 bits per heavy atom. The SMILES string of the molecule is O=C1C(c2cccc3ccccc23)=C(c2c[nH]c3ncccc23)C(=O)N1O. The van der Waals surface area contributed by atoms with Gasteiger partial charge < -0.3 is 4.98 Å². The van der Waals surface area contributed by atoms with Crippen LogP contribution in [0, 0.1) is 0 Å². The molecule has 1 aliphatic rings. The summed E-state index contributed by atoms with van der Waals surface area (Å²) in [4.78, 5) is 32.8. The van der Waals surface area contributed by atoms with Crippen LogP contribution < -0.4 is 0 Å². The molecule has 3 heterocycles. The van der Waals surface area contributed by atoms with Gasteiger partial charge in [-0.2, -0.15) is 0 Å². The zero-order valence-corrected chi connectivity index (χ0v) is 14.0. The van der Waals surface area contributed by atoms with E-state index in [0.29, 0.717) is 22.2 Å². The van der Waals surface area contributed by atoms with Crippen LogP contribution in [0.1, 0.15) is 11.1 Å². The van der Waals surface area contributed by atoms with Crippen molar-refractivity contribution < 1.29 is 14.8 Å². The van der Waals surface area contributed by atoms with Gasteiger partial charge in [0.25, 0.3) is 11.8 Å². The molecular formula is C21H13N3O3. The fourth-order valence-electron chi connectivity index (χ4n) is 3.62. The molecule has 5 rings (SSSR count). The molecule has 2 amide bonds. The molecule has 6 heteroatoms. The van der Waals surface area contributed by atoms with Gasteiger partial charge in [0, 0.05) is 23.3 Å². The number of hydrogen-bond donors (Lipinski definition) is 2. The average Bonchev–Trinajstić information content (AvgIpc) is 3.22. The molecule has 0 unspecified atom stereocenters. The highest BCUT2D eigenvalue weighted by Gasteiger charge is 2.40. The maximum absolute atomic E-state index is 12.8. The number of carbonyl (C=O) groups is 2. The second kappa shape index (κ2) is 5.62. The van der Waals surface area contributed by atoms with Crippen LogP contribution in [0.4, 0.5) is 0 Å². The van der Waals surface area contributed by atoms with Crippen molar-refractivity contribution in [3.63, 3.8) is 0 Å². The molecule has 2 aromatic carbocycles. The number of hydrogen-bond acceptors (Lipinski definition) is 4. The number of benzene rings is 2. The first-order valence-corrected chi connectivity index (χ1v) is 8.39. The molecule has 130 valence electrons. The van der Waals surface area contributed by atoms with Crippen LogP contribution in [-0.2, 0) is 9.59 Å². The van der Waals surface area contributed by atoms with Crippen molar-refractivity contribution in [3.05, 3.63) is 78.1 Å². The van der Waals surface area contributed by atoms with Gasteiger partial charge in [0.2, 0.25) is 0 Å². The van der Waals surface area contributed by atoms with E-state index in [1.165, 1.54) is 0 Å². The van der Waals surface area contributed by atoms with E-state index in [9.17, 15) is 14.8 Å². The molecule has 27 heavy (non-hydrogen) atoms. The van der Waals surface area contributed by atoms with Crippen molar-refractivity contribution in [2.24, 2.45) is 0 Å². The van der Waals surface area contributed by atoms with Crippen molar-refractivity contribution in [1.29, 1.82) is 0 Å². The maximum Gasteiger partial charge on any atom is 0.286 e. The Morgan fingerprint density at radius 1 is 0.815 bits per heavy atom. The Labute approximate surface area is 153 Å². The summed E-state index contributed by atoms with van der Waals surface area (Å²) in [6.45, 7) is 0. The molecule has 0 aliphatic carbocycles. The Kier molecular flexibility index (Phi) is 3.22. The Morgan fingerprint density at radius 2 is 1.52 bits per heavy atom. The quantitative estimate of drug-likeness (QED) is 0.426. The van der Waals surface area contributed by atoms with Gasteiger partial charge >= 0.3 is 0 Å². The largest absolute Gasteiger partial charge is 0.346 e. The lowest BCUT2D eigenvalue weighted by atomic mass is 9.93. The zero-order valence-electron chi connectivity index (χ0n) is 14.0. The second-order valence-corrected chi connectivity index (χ2v) is 6.30. The summed E-state index contributed by atoms with van der Waals surface area (Å²) in [5.41, 5.74) is 2.10. The number of carbonyl (C=O) groups excluding carboxylic acids is 2. The van der Waals surface area contributed by atoms with Gasteiger partial charge in [0.05, 0.1) is 11.1 Å². The number of pyridine rings is 1. The van der Waals surface area contributed by atoms with Crippen molar-refractivity contribution in [2.75, 3.05) is 0 Å². The van der Waals surface area contributed by atoms with Crippen LogP contribution in [0.15, 0.2) is 67.0 Å². The minimum atomic E-state index is -0.743. The molecule has 0 saturated carbocycles. The third-order valence-corrected chi connectivity index (χ3v) is 4.84. The zero-order chi connectivity index (χ0) is 18.5. The molecule has 0 spiro atoms. The van der Waals surface area contributed by atoms with Crippen molar-refractivity contribution in [3.8, 4) is 0 Å². The number of rotatable bonds is 2. The molecule has 4 aromatic rings. The summed E-state index contributed by atoms with van der Waals surface area (Å²) < 4.78 is 0. The predicted molar refractivity (Wildman–Crippen MR) is 100 cm³/mol.